The minimum Gasteiger partial charge on any atom is -0.478 e. The summed E-state index contributed by atoms with van der Waals surface area (Å²) in [6.45, 7) is 3.55. The van der Waals surface area contributed by atoms with Gasteiger partial charge in [-0.25, -0.2) is 4.79 Å². The molecule has 1 aromatic rings. The zero-order chi connectivity index (χ0) is 11.4. The van der Waals surface area contributed by atoms with Crippen LogP contribution in [0.1, 0.15) is 10.4 Å². The summed E-state index contributed by atoms with van der Waals surface area (Å²) in [4.78, 5) is 11.6. The van der Waals surface area contributed by atoms with E-state index >= 15 is 0 Å². The van der Waals surface area contributed by atoms with Crippen LogP contribution in [0.25, 0.3) is 0 Å². The third-order valence-corrected chi connectivity index (χ3v) is 3.27. The molecule has 0 spiro atoms. The van der Waals surface area contributed by atoms with Gasteiger partial charge in [-0.3, -0.25) is 0 Å². The summed E-state index contributed by atoms with van der Waals surface area (Å²) in [5, 5.41) is 9.58. The summed E-state index contributed by atoms with van der Waals surface area (Å²) in [6, 6.07) is 4.83. The van der Waals surface area contributed by atoms with E-state index in [1.807, 2.05) is 0 Å². The Bertz CT molecular complexity index is 404. The van der Waals surface area contributed by atoms with Crippen LogP contribution in [0.2, 0.25) is 5.02 Å². The molecule has 1 aromatic carbocycles. The molecule has 0 aliphatic rings. The van der Waals surface area contributed by atoms with Gasteiger partial charge in [0.05, 0.1) is 10.6 Å². The van der Waals surface area contributed by atoms with Crippen molar-refractivity contribution in [3.63, 3.8) is 0 Å². The van der Waals surface area contributed by atoms with Crippen molar-refractivity contribution in [2.75, 3.05) is 5.75 Å². The average molecular weight is 263 g/mol. The van der Waals surface area contributed by atoms with Crippen LogP contribution in [0.4, 0.5) is 0 Å². The standard InChI is InChI=1S/C10H8Cl2O2S/c1-6(11)5-15-7-2-3-9(12)8(4-7)10(13)14/h2-4H,1,5H2,(H,13,14). The Labute approximate surface area is 102 Å². The Kier molecular flexibility index (Phi) is 4.51. The molecule has 0 amide bonds. The second-order valence-corrected chi connectivity index (χ2v) is 4.74. The van der Waals surface area contributed by atoms with E-state index in [1.165, 1.54) is 17.8 Å². The topological polar surface area (TPSA) is 37.3 Å². The first kappa shape index (κ1) is 12.4. The summed E-state index contributed by atoms with van der Waals surface area (Å²) in [6.07, 6.45) is 0. The Morgan fingerprint density at radius 2 is 2.20 bits per heavy atom. The number of carbonyl (C=O) groups is 1. The van der Waals surface area contributed by atoms with E-state index in [1.54, 1.807) is 12.1 Å². The van der Waals surface area contributed by atoms with Crippen LogP contribution in [0.15, 0.2) is 34.7 Å². The molecule has 15 heavy (non-hydrogen) atoms. The van der Waals surface area contributed by atoms with Gasteiger partial charge in [-0.05, 0) is 18.2 Å². The molecular formula is C10H8Cl2O2S. The number of benzene rings is 1. The fraction of sp³-hybridized carbons (Fsp3) is 0.100. The van der Waals surface area contributed by atoms with E-state index in [9.17, 15) is 4.79 Å². The van der Waals surface area contributed by atoms with Gasteiger partial charge in [0.1, 0.15) is 0 Å². The molecule has 0 radical (unpaired) electrons. The van der Waals surface area contributed by atoms with Crippen molar-refractivity contribution in [2.24, 2.45) is 0 Å². The van der Waals surface area contributed by atoms with Crippen molar-refractivity contribution in [1.29, 1.82) is 0 Å². The maximum Gasteiger partial charge on any atom is 0.337 e. The SMILES string of the molecule is C=C(Cl)CSc1ccc(Cl)c(C(=O)O)c1. The number of hydrogen-bond acceptors (Lipinski definition) is 2. The molecule has 0 aliphatic heterocycles. The van der Waals surface area contributed by atoms with Crippen molar-refractivity contribution in [3.8, 4) is 0 Å². The predicted octanol–water partition coefficient (Wildman–Crippen LogP) is 3.88. The summed E-state index contributed by atoms with van der Waals surface area (Å²) in [5.74, 6) is -0.491. The van der Waals surface area contributed by atoms with Gasteiger partial charge in [-0.1, -0.05) is 29.8 Å². The van der Waals surface area contributed by atoms with Crippen molar-refractivity contribution < 1.29 is 9.90 Å². The summed E-state index contributed by atoms with van der Waals surface area (Å²) in [7, 11) is 0. The summed E-state index contributed by atoms with van der Waals surface area (Å²) >= 11 is 12.7. The first-order chi connectivity index (χ1) is 7.00. The highest BCUT2D eigenvalue weighted by Crippen LogP contribution is 2.26. The molecule has 0 atom stereocenters. The molecule has 0 fully saturated rings. The van der Waals surface area contributed by atoms with Gasteiger partial charge in [0, 0.05) is 15.7 Å². The van der Waals surface area contributed by atoms with Crippen molar-refractivity contribution in [1.82, 2.24) is 0 Å². The maximum atomic E-state index is 10.8. The van der Waals surface area contributed by atoms with E-state index in [4.69, 9.17) is 28.3 Å². The second kappa shape index (κ2) is 5.45. The lowest BCUT2D eigenvalue weighted by atomic mass is 10.2. The first-order valence-electron chi connectivity index (χ1n) is 3.99. The molecule has 0 aliphatic carbocycles. The minimum absolute atomic E-state index is 0.0989. The fourth-order valence-corrected chi connectivity index (χ4v) is 1.97. The van der Waals surface area contributed by atoms with Gasteiger partial charge < -0.3 is 5.11 Å². The minimum atomic E-state index is -1.04. The lowest BCUT2D eigenvalue weighted by molar-refractivity contribution is 0.0697. The molecule has 0 saturated heterocycles. The van der Waals surface area contributed by atoms with Gasteiger partial charge >= 0.3 is 5.97 Å². The average Bonchev–Trinajstić information content (AvgIpc) is 2.16. The van der Waals surface area contributed by atoms with Crippen LogP contribution < -0.4 is 0 Å². The van der Waals surface area contributed by atoms with Gasteiger partial charge in [-0.2, -0.15) is 0 Å². The Morgan fingerprint density at radius 1 is 1.53 bits per heavy atom. The maximum absolute atomic E-state index is 10.8. The number of hydrogen-bond donors (Lipinski definition) is 1. The van der Waals surface area contributed by atoms with Crippen LogP contribution in [0.5, 0.6) is 0 Å². The van der Waals surface area contributed by atoms with E-state index in [0.717, 1.165) is 4.90 Å². The van der Waals surface area contributed by atoms with Gasteiger partial charge in [0.25, 0.3) is 0 Å². The molecule has 2 nitrogen and oxygen atoms in total. The lowest BCUT2D eigenvalue weighted by Gasteiger charge is -2.03. The normalized spacial score (nSPS) is 10.0. The highest BCUT2D eigenvalue weighted by atomic mass is 35.5. The number of rotatable bonds is 4. The molecule has 1 N–H and O–H groups in total. The number of carboxylic acid groups (broad SMARTS) is 1. The van der Waals surface area contributed by atoms with Gasteiger partial charge in [0.15, 0.2) is 0 Å². The van der Waals surface area contributed by atoms with E-state index in [2.05, 4.69) is 6.58 Å². The number of carboxylic acids is 1. The van der Waals surface area contributed by atoms with Crippen LogP contribution in [0, 0.1) is 0 Å². The Hall–Kier alpha value is -0.640. The monoisotopic (exact) mass is 262 g/mol. The molecule has 0 heterocycles. The number of thioether (sulfide) groups is 1. The zero-order valence-electron chi connectivity index (χ0n) is 7.67. The Morgan fingerprint density at radius 3 is 2.73 bits per heavy atom. The van der Waals surface area contributed by atoms with Crippen LogP contribution in [-0.4, -0.2) is 16.8 Å². The van der Waals surface area contributed by atoms with Crippen LogP contribution in [0.3, 0.4) is 0 Å². The number of aromatic carboxylic acids is 1. The van der Waals surface area contributed by atoms with Crippen molar-refractivity contribution >= 4 is 40.9 Å². The highest BCUT2D eigenvalue weighted by Gasteiger charge is 2.09. The second-order valence-electron chi connectivity index (χ2n) is 2.75. The van der Waals surface area contributed by atoms with Gasteiger partial charge in [0.2, 0.25) is 0 Å². The molecule has 0 aromatic heterocycles. The largest absolute Gasteiger partial charge is 0.478 e. The quantitative estimate of drug-likeness (QED) is 0.837. The van der Waals surface area contributed by atoms with E-state index < -0.39 is 5.97 Å². The molecule has 1 rings (SSSR count). The third kappa shape index (κ3) is 3.78. The number of halogens is 2. The van der Waals surface area contributed by atoms with E-state index in [-0.39, 0.29) is 10.6 Å². The predicted molar refractivity (Wildman–Crippen MR) is 64.1 cm³/mol. The molecule has 0 bridgehead atoms. The third-order valence-electron chi connectivity index (χ3n) is 1.56. The molecule has 80 valence electrons. The van der Waals surface area contributed by atoms with Gasteiger partial charge in [-0.15, -0.1) is 11.8 Å². The summed E-state index contributed by atoms with van der Waals surface area (Å²) < 4.78 is 0. The molecule has 5 heteroatoms. The van der Waals surface area contributed by atoms with Crippen LogP contribution >= 0.6 is 35.0 Å². The summed E-state index contributed by atoms with van der Waals surface area (Å²) in [5.41, 5.74) is 0.0989. The molecule has 0 unspecified atom stereocenters. The molecule has 0 saturated carbocycles. The lowest BCUT2D eigenvalue weighted by Crippen LogP contribution is -1.97. The van der Waals surface area contributed by atoms with Crippen molar-refractivity contribution in [2.45, 2.75) is 4.90 Å². The fourth-order valence-electron chi connectivity index (χ4n) is 0.920. The van der Waals surface area contributed by atoms with Crippen molar-refractivity contribution in [3.05, 3.63) is 40.4 Å². The van der Waals surface area contributed by atoms with Crippen LogP contribution in [-0.2, 0) is 0 Å². The Balaban J connectivity index is 2.87. The first-order valence-corrected chi connectivity index (χ1v) is 5.74. The zero-order valence-corrected chi connectivity index (χ0v) is 9.99. The smallest absolute Gasteiger partial charge is 0.337 e. The molecular weight excluding hydrogens is 255 g/mol. The van der Waals surface area contributed by atoms with E-state index in [0.29, 0.717) is 10.8 Å². The highest BCUT2D eigenvalue weighted by molar-refractivity contribution is 7.99.